The van der Waals surface area contributed by atoms with Gasteiger partial charge in [-0.3, -0.25) is 4.79 Å². The summed E-state index contributed by atoms with van der Waals surface area (Å²) < 4.78 is 19.0. The molecule has 0 unspecified atom stereocenters. The third kappa shape index (κ3) is 5.72. The lowest BCUT2D eigenvalue weighted by Crippen LogP contribution is -2.20. The van der Waals surface area contributed by atoms with E-state index in [0.717, 1.165) is 11.3 Å². The van der Waals surface area contributed by atoms with Crippen LogP contribution in [0.1, 0.15) is 16.7 Å². The quantitative estimate of drug-likeness (QED) is 0.521. The summed E-state index contributed by atoms with van der Waals surface area (Å²) >= 11 is 6.28. The van der Waals surface area contributed by atoms with Gasteiger partial charge in [0.2, 0.25) is 0 Å². The second-order valence-corrected chi connectivity index (χ2v) is 7.14. The number of carbonyl (C=O) groups excluding carboxylic acids is 1. The number of halogens is 2. The molecule has 3 aromatic rings. The van der Waals surface area contributed by atoms with Gasteiger partial charge < -0.3 is 15.4 Å². The van der Waals surface area contributed by atoms with E-state index in [1.54, 1.807) is 24.3 Å². The van der Waals surface area contributed by atoms with Crippen LogP contribution in [0.4, 0.5) is 15.8 Å². The van der Waals surface area contributed by atoms with E-state index in [0.29, 0.717) is 17.3 Å². The topological polar surface area (TPSA) is 50.4 Å². The molecule has 2 N–H and O–H groups in total. The fourth-order valence-electron chi connectivity index (χ4n) is 2.72. The number of carbonyl (C=O) groups is 1. The number of amides is 1. The lowest BCUT2D eigenvalue weighted by atomic mass is 10.1. The molecule has 1 amide bonds. The summed E-state index contributed by atoms with van der Waals surface area (Å²) in [6, 6.07) is 17.6. The number of hydrogen-bond donors (Lipinski definition) is 2. The molecule has 0 atom stereocenters. The van der Waals surface area contributed by atoms with Gasteiger partial charge in [0.15, 0.2) is 6.61 Å². The smallest absolute Gasteiger partial charge is 0.262 e. The van der Waals surface area contributed by atoms with Crippen LogP contribution in [0.3, 0.4) is 0 Å². The standard InChI is InChI=1S/C23H22ClFN2O2/c1-15-7-9-18(11-16(15)2)26-13-17-8-10-22(19(24)12-17)29-14-23(28)27-21-6-4-3-5-20(21)25/h3-12,26H,13-14H2,1-2H3,(H,27,28). The van der Waals surface area contributed by atoms with Gasteiger partial charge in [-0.25, -0.2) is 4.39 Å². The molecule has 0 heterocycles. The Balaban J connectivity index is 1.54. The molecule has 0 aliphatic heterocycles. The highest BCUT2D eigenvalue weighted by atomic mass is 35.5. The Labute approximate surface area is 174 Å². The third-order valence-corrected chi connectivity index (χ3v) is 4.80. The Hall–Kier alpha value is -3.05. The minimum absolute atomic E-state index is 0.111. The van der Waals surface area contributed by atoms with Crippen molar-refractivity contribution in [2.24, 2.45) is 0 Å². The predicted molar refractivity (Wildman–Crippen MR) is 115 cm³/mol. The predicted octanol–water partition coefficient (Wildman–Crippen LogP) is 5.73. The number of hydrogen-bond acceptors (Lipinski definition) is 3. The first-order chi connectivity index (χ1) is 13.9. The Morgan fingerprint density at radius 3 is 2.55 bits per heavy atom. The fourth-order valence-corrected chi connectivity index (χ4v) is 2.98. The zero-order chi connectivity index (χ0) is 20.8. The van der Waals surface area contributed by atoms with Crippen LogP contribution in [0.15, 0.2) is 60.7 Å². The van der Waals surface area contributed by atoms with Gasteiger partial charge in [-0.2, -0.15) is 0 Å². The van der Waals surface area contributed by atoms with E-state index >= 15 is 0 Å². The lowest BCUT2D eigenvalue weighted by Gasteiger charge is -2.12. The minimum atomic E-state index is -0.500. The maximum Gasteiger partial charge on any atom is 0.262 e. The molecule has 29 heavy (non-hydrogen) atoms. The number of anilines is 2. The van der Waals surface area contributed by atoms with Gasteiger partial charge in [0, 0.05) is 12.2 Å². The average Bonchev–Trinajstić information content (AvgIpc) is 2.70. The summed E-state index contributed by atoms with van der Waals surface area (Å²) in [6.45, 7) is 4.49. The van der Waals surface area contributed by atoms with Crippen LogP contribution in [0.25, 0.3) is 0 Å². The van der Waals surface area contributed by atoms with Gasteiger partial charge in [-0.15, -0.1) is 0 Å². The zero-order valence-corrected chi connectivity index (χ0v) is 17.0. The van der Waals surface area contributed by atoms with E-state index in [9.17, 15) is 9.18 Å². The molecule has 3 rings (SSSR count). The highest BCUT2D eigenvalue weighted by molar-refractivity contribution is 6.32. The molecular formula is C23H22ClFN2O2. The van der Waals surface area contributed by atoms with Crippen molar-refractivity contribution < 1.29 is 13.9 Å². The molecule has 0 spiro atoms. The Bertz CT molecular complexity index is 1020. The van der Waals surface area contributed by atoms with Crippen LogP contribution in [0.5, 0.6) is 5.75 Å². The van der Waals surface area contributed by atoms with E-state index in [1.165, 1.54) is 23.3 Å². The molecular weight excluding hydrogens is 391 g/mol. The molecule has 0 aliphatic rings. The molecule has 0 aromatic heterocycles. The number of aryl methyl sites for hydroxylation is 2. The van der Waals surface area contributed by atoms with E-state index in [1.807, 2.05) is 12.1 Å². The molecule has 6 heteroatoms. The van der Waals surface area contributed by atoms with Gasteiger partial charge in [0.1, 0.15) is 11.6 Å². The SMILES string of the molecule is Cc1ccc(NCc2ccc(OCC(=O)Nc3ccccc3F)c(Cl)c2)cc1C. The molecule has 0 fully saturated rings. The molecule has 0 saturated carbocycles. The first kappa shape index (κ1) is 20.7. The monoisotopic (exact) mass is 412 g/mol. The van der Waals surface area contributed by atoms with Crippen molar-refractivity contribution in [3.8, 4) is 5.75 Å². The van der Waals surface area contributed by atoms with Crippen molar-refractivity contribution in [3.05, 3.63) is 88.2 Å². The summed E-state index contributed by atoms with van der Waals surface area (Å²) in [7, 11) is 0. The number of benzene rings is 3. The highest BCUT2D eigenvalue weighted by Gasteiger charge is 2.09. The van der Waals surface area contributed by atoms with E-state index < -0.39 is 11.7 Å². The third-order valence-electron chi connectivity index (χ3n) is 4.51. The van der Waals surface area contributed by atoms with Gasteiger partial charge in [0.25, 0.3) is 5.91 Å². The molecule has 3 aromatic carbocycles. The Morgan fingerprint density at radius 2 is 1.83 bits per heavy atom. The first-order valence-electron chi connectivity index (χ1n) is 9.19. The summed E-state index contributed by atoms with van der Waals surface area (Å²) in [5, 5.41) is 6.23. The molecule has 4 nitrogen and oxygen atoms in total. The lowest BCUT2D eigenvalue weighted by molar-refractivity contribution is -0.118. The van der Waals surface area contributed by atoms with Crippen molar-refractivity contribution in [2.45, 2.75) is 20.4 Å². The summed E-state index contributed by atoms with van der Waals surface area (Å²) in [4.78, 5) is 12.0. The van der Waals surface area contributed by atoms with Crippen molar-refractivity contribution in [3.63, 3.8) is 0 Å². The van der Waals surface area contributed by atoms with Crippen LogP contribution >= 0.6 is 11.6 Å². The number of nitrogens with one attached hydrogen (secondary N) is 2. The molecule has 0 saturated heterocycles. The van der Waals surface area contributed by atoms with Crippen LogP contribution in [-0.4, -0.2) is 12.5 Å². The van der Waals surface area contributed by atoms with Crippen molar-refractivity contribution in [2.75, 3.05) is 17.2 Å². The van der Waals surface area contributed by atoms with Gasteiger partial charge in [0.05, 0.1) is 10.7 Å². The minimum Gasteiger partial charge on any atom is -0.482 e. The molecule has 0 radical (unpaired) electrons. The van der Waals surface area contributed by atoms with E-state index in [2.05, 4.69) is 36.6 Å². The normalized spacial score (nSPS) is 10.5. The van der Waals surface area contributed by atoms with Crippen molar-refractivity contribution in [1.29, 1.82) is 0 Å². The summed E-state index contributed by atoms with van der Waals surface area (Å²) in [6.07, 6.45) is 0. The van der Waals surface area contributed by atoms with E-state index in [-0.39, 0.29) is 12.3 Å². The maximum atomic E-state index is 13.6. The maximum absolute atomic E-state index is 13.6. The van der Waals surface area contributed by atoms with Crippen LogP contribution < -0.4 is 15.4 Å². The van der Waals surface area contributed by atoms with Gasteiger partial charge in [-0.1, -0.05) is 35.9 Å². The van der Waals surface area contributed by atoms with Gasteiger partial charge >= 0.3 is 0 Å². The van der Waals surface area contributed by atoms with Crippen LogP contribution in [0.2, 0.25) is 5.02 Å². The molecule has 0 bridgehead atoms. The largest absolute Gasteiger partial charge is 0.482 e. The highest BCUT2D eigenvalue weighted by Crippen LogP contribution is 2.26. The second-order valence-electron chi connectivity index (χ2n) is 6.73. The second kappa shape index (κ2) is 9.43. The summed E-state index contributed by atoms with van der Waals surface area (Å²) in [5.41, 5.74) is 4.61. The average molecular weight is 413 g/mol. The molecule has 150 valence electrons. The number of rotatable bonds is 7. The number of ether oxygens (including phenoxy) is 1. The first-order valence-corrected chi connectivity index (χ1v) is 9.57. The summed E-state index contributed by atoms with van der Waals surface area (Å²) in [5.74, 6) is -0.573. The van der Waals surface area contributed by atoms with Gasteiger partial charge in [-0.05, 0) is 66.9 Å². The zero-order valence-electron chi connectivity index (χ0n) is 16.3. The van der Waals surface area contributed by atoms with Crippen molar-refractivity contribution in [1.82, 2.24) is 0 Å². The Morgan fingerprint density at radius 1 is 1.03 bits per heavy atom. The fraction of sp³-hybridized carbons (Fsp3) is 0.174. The van der Waals surface area contributed by atoms with Crippen LogP contribution in [0, 0.1) is 19.7 Å². The Kier molecular flexibility index (Phi) is 6.73. The molecule has 0 aliphatic carbocycles. The van der Waals surface area contributed by atoms with E-state index in [4.69, 9.17) is 16.3 Å². The number of para-hydroxylation sites is 1. The van der Waals surface area contributed by atoms with Crippen molar-refractivity contribution >= 4 is 28.9 Å². The van der Waals surface area contributed by atoms with Crippen LogP contribution in [-0.2, 0) is 11.3 Å².